The van der Waals surface area contributed by atoms with Gasteiger partial charge in [0, 0.05) is 22.7 Å². The van der Waals surface area contributed by atoms with E-state index in [0.29, 0.717) is 0 Å². The lowest BCUT2D eigenvalue weighted by Crippen LogP contribution is -1.95. The summed E-state index contributed by atoms with van der Waals surface area (Å²) in [4.78, 5) is 0. The maximum atomic E-state index is 2.43. The summed E-state index contributed by atoms with van der Waals surface area (Å²) in [7, 11) is 0. The highest BCUT2D eigenvalue weighted by Crippen LogP contribution is 2.42. The minimum Gasteiger partial charge on any atom is -0.314 e. The number of hydrogen-bond donors (Lipinski definition) is 0. The van der Waals surface area contributed by atoms with Gasteiger partial charge in [0.2, 0.25) is 0 Å². The summed E-state index contributed by atoms with van der Waals surface area (Å²) >= 11 is 0. The smallest absolute Gasteiger partial charge is 0.0803 e. The van der Waals surface area contributed by atoms with Crippen LogP contribution in [0, 0.1) is 0 Å². The molecule has 0 atom stereocenters. The third kappa shape index (κ3) is 2.35. The monoisotopic (exact) mass is 408 g/mol. The number of pyridine rings is 1. The van der Waals surface area contributed by atoms with E-state index in [1.807, 2.05) is 0 Å². The first-order chi connectivity index (χ1) is 15.9. The van der Waals surface area contributed by atoms with Crippen molar-refractivity contribution in [3.8, 4) is 16.9 Å². The average Bonchev–Trinajstić information content (AvgIpc) is 3.37. The summed E-state index contributed by atoms with van der Waals surface area (Å²) in [5.41, 5.74) is 7.35. The number of para-hydroxylation sites is 1. The molecule has 0 aliphatic heterocycles. The third-order valence-electron chi connectivity index (χ3n) is 6.49. The van der Waals surface area contributed by atoms with Crippen LogP contribution in [0.25, 0.3) is 55.0 Å². The Kier molecular flexibility index (Phi) is 3.58. The molecule has 0 saturated carbocycles. The average molecular weight is 409 g/mol. The van der Waals surface area contributed by atoms with Crippen LogP contribution in [0.15, 0.2) is 121 Å². The Morgan fingerprint density at radius 3 is 2.16 bits per heavy atom. The third-order valence-corrected chi connectivity index (χ3v) is 6.49. The van der Waals surface area contributed by atoms with Gasteiger partial charge >= 0.3 is 0 Å². The molecule has 3 heterocycles. The van der Waals surface area contributed by atoms with E-state index in [2.05, 4.69) is 130 Å². The molecule has 0 saturated heterocycles. The number of fused-ring (bicyclic) bond motifs is 6. The second kappa shape index (κ2) is 6.60. The topological polar surface area (TPSA) is 9.34 Å². The van der Waals surface area contributed by atoms with Crippen LogP contribution < -0.4 is 0 Å². The van der Waals surface area contributed by atoms with Gasteiger partial charge in [0.15, 0.2) is 0 Å². The van der Waals surface area contributed by atoms with Crippen LogP contribution >= 0.6 is 0 Å². The zero-order valence-electron chi connectivity index (χ0n) is 17.4. The zero-order valence-corrected chi connectivity index (χ0v) is 17.4. The van der Waals surface area contributed by atoms with Gasteiger partial charge in [0.25, 0.3) is 0 Å². The molecule has 0 spiro atoms. The lowest BCUT2D eigenvalue weighted by atomic mass is 10.1. The summed E-state index contributed by atoms with van der Waals surface area (Å²) in [5, 5.41) is 5.09. The molecule has 0 N–H and O–H groups in total. The molecule has 2 nitrogen and oxygen atoms in total. The van der Waals surface area contributed by atoms with E-state index in [-0.39, 0.29) is 0 Å². The largest absolute Gasteiger partial charge is 0.314 e. The molecule has 7 rings (SSSR count). The van der Waals surface area contributed by atoms with Gasteiger partial charge in [-0.1, -0.05) is 84.9 Å². The quantitative estimate of drug-likeness (QED) is 0.275. The minimum absolute atomic E-state index is 1.19. The standard InChI is InChI=1S/C30H20N2/c1-2-11-22(12-3-1)29-28-25-14-6-7-15-26(25)32(30(28)27-16-8-9-19-31(27)29)24-18-17-21-10-4-5-13-23(21)20-24/h1-20H. The fourth-order valence-electron chi connectivity index (χ4n) is 5.14. The van der Waals surface area contributed by atoms with E-state index in [9.17, 15) is 0 Å². The second-order valence-electron chi connectivity index (χ2n) is 8.28. The van der Waals surface area contributed by atoms with E-state index in [4.69, 9.17) is 0 Å². The van der Waals surface area contributed by atoms with Gasteiger partial charge in [-0.15, -0.1) is 0 Å². The molecular weight excluding hydrogens is 388 g/mol. The summed E-state index contributed by atoms with van der Waals surface area (Å²) in [6, 6.07) is 41.3. The predicted molar refractivity (Wildman–Crippen MR) is 135 cm³/mol. The van der Waals surface area contributed by atoms with E-state index in [0.717, 1.165) is 0 Å². The van der Waals surface area contributed by atoms with Crippen LogP contribution in [0.4, 0.5) is 0 Å². The van der Waals surface area contributed by atoms with Crippen LogP contribution in [-0.4, -0.2) is 8.97 Å². The molecule has 0 bridgehead atoms. The first-order valence-electron chi connectivity index (χ1n) is 11.0. The van der Waals surface area contributed by atoms with Crippen molar-refractivity contribution in [1.29, 1.82) is 0 Å². The summed E-state index contributed by atoms with van der Waals surface area (Å²) in [5.74, 6) is 0. The summed E-state index contributed by atoms with van der Waals surface area (Å²) in [6.07, 6.45) is 2.18. The van der Waals surface area contributed by atoms with Gasteiger partial charge in [0.1, 0.15) is 0 Å². The number of benzene rings is 4. The van der Waals surface area contributed by atoms with Gasteiger partial charge in [-0.3, -0.25) is 0 Å². The van der Waals surface area contributed by atoms with Crippen molar-refractivity contribution in [3.05, 3.63) is 121 Å². The molecule has 0 fully saturated rings. The van der Waals surface area contributed by atoms with Crippen LogP contribution in [0.3, 0.4) is 0 Å². The van der Waals surface area contributed by atoms with E-state index >= 15 is 0 Å². The molecule has 0 radical (unpaired) electrons. The highest BCUT2D eigenvalue weighted by molar-refractivity contribution is 6.21. The first kappa shape index (κ1) is 17.4. The second-order valence-corrected chi connectivity index (χ2v) is 8.28. The Balaban J connectivity index is 1.71. The lowest BCUT2D eigenvalue weighted by molar-refractivity contribution is 1.17. The Morgan fingerprint density at radius 2 is 1.25 bits per heavy atom. The Hall–Kier alpha value is -4.30. The Bertz CT molecular complexity index is 1760. The molecule has 3 aromatic heterocycles. The summed E-state index contributed by atoms with van der Waals surface area (Å²) in [6.45, 7) is 0. The Morgan fingerprint density at radius 1 is 0.531 bits per heavy atom. The van der Waals surface area contributed by atoms with Crippen molar-refractivity contribution in [2.75, 3.05) is 0 Å². The molecule has 0 unspecified atom stereocenters. The Labute approximate surface area is 185 Å². The van der Waals surface area contributed by atoms with Crippen molar-refractivity contribution >= 4 is 38.1 Å². The van der Waals surface area contributed by atoms with Crippen LogP contribution in [0.5, 0.6) is 0 Å². The van der Waals surface area contributed by atoms with Gasteiger partial charge in [-0.05, 0) is 46.7 Å². The van der Waals surface area contributed by atoms with Crippen molar-refractivity contribution in [2.24, 2.45) is 0 Å². The number of rotatable bonds is 2. The molecule has 0 aliphatic rings. The number of nitrogens with zero attached hydrogens (tertiary/aromatic N) is 2. The first-order valence-corrected chi connectivity index (χ1v) is 11.0. The molecule has 2 heteroatoms. The number of hydrogen-bond acceptors (Lipinski definition) is 0. The number of aromatic nitrogens is 2. The zero-order chi connectivity index (χ0) is 21.1. The highest BCUT2D eigenvalue weighted by atomic mass is 15.0. The van der Waals surface area contributed by atoms with Crippen molar-refractivity contribution in [1.82, 2.24) is 8.97 Å². The predicted octanol–water partition coefficient (Wildman–Crippen LogP) is 7.86. The molecule has 32 heavy (non-hydrogen) atoms. The normalized spacial score (nSPS) is 11.8. The highest BCUT2D eigenvalue weighted by Gasteiger charge is 2.22. The maximum absolute atomic E-state index is 2.43. The van der Waals surface area contributed by atoms with Crippen LogP contribution in [0.1, 0.15) is 0 Å². The SMILES string of the molecule is c1ccc(-c2c3c4ccccc4n(-c4ccc5ccccc5c4)c3c3ccccn23)cc1. The van der Waals surface area contributed by atoms with Gasteiger partial charge in [0.05, 0.1) is 22.2 Å². The fraction of sp³-hybridized carbons (Fsp3) is 0. The van der Waals surface area contributed by atoms with Crippen LogP contribution in [0.2, 0.25) is 0 Å². The summed E-state index contributed by atoms with van der Waals surface area (Å²) < 4.78 is 4.77. The molecule has 4 aromatic carbocycles. The molecular formula is C30H20N2. The molecule has 150 valence electrons. The van der Waals surface area contributed by atoms with Gasteiger partial charge in [-0.25, -0.2) is 0 Å². The van der Waals surface area contributed by atoms with Crippen LogP contribution in [-0.2, 0) is 0 Å². The minimum atomic E-state index is 1.19. The molecule has 7 aromatic rings. The van der Waals surface area contributed by atoms with E-state index in [1.54, 1.807) is 0 Å². The van der Waals surface area contributed by atoms with E-state index in [1.165, 1.54) is 55.0 Å². The van der Waals surface area contributed by atoms with Gasteiger partial charge < -0.3 is 8.97 Å². The molecule has 0 aliphatic carbocycles. The van der Waals surface area contributed by atoms with Crippen molar-refractivity contribution in [2.45, 2.75) is 0 Å². The van der Waals surface area contributed by atoms with Crippen molar-refractivity contribution in [3.63, 3.8) is 0 Å². The molecule has 0 amide bonds. The van der Waals surface area contributed by atoms with Gasteiger partial charge in [-0.2, -0.15) is 0 Å². The lowest BCUT2D eigenvalue weighted by Gasteiger charge is -2.10. The maximum Gasteiger partial charge on any atom is 0.0803 e. The van der Waals surface area contributed by atoms with Crippen molar-refractivity contribution < 1.29 is 0 Å². The fourth-order valence-corrected chi connectivity index (χ4v) is 5.14. The van der Waals surface area contributed by atoms with E-state index < -0.39 is 0 Å².